The lowest BCUT2D eigenvalue weighted by Gasteiger charge is -2.35. The number of rotatable bonds is 6. The van der Waals surface area contributed by atoms with Gasteiger partial charge >= 0.3 is 0 Å². The van der Waals surface area contributed by atoms with E-state index >= 15 is 0 Å². The third-order valence-corrected chi connectivity index (χ3v) is 6.25. The average molecular weight is 420 g/mol. The standard InChI is InChI=1S/C22H24N6O3/c1-23-16-10-20(27-9-8-14-13(12-29)4-3-5-17(14)27)26-28-18(11-24-21(16)28)22(30)25-15-6-7-19(15)31-2/h3-5,10-12,15,19,23H,6-9H2,1-2H3,(H,25,30)/t15-,19?/m1/s1. The van der Waals surface area contributed by atoms with Gasteiger partial charge in [-0.1, -0.05) is 12.1 Å². The molecule has 1 aliphatic carbocycles. The number of hydrogen-bond acceptors (Lipinski definition) is 7. The minimum absolute atomic E-state index is 0.00206. The summed E-state index contributed by atoms with van der Waals surface area (Å²) < 4.78 is 6.97. The zero-order chi connectivity index (χ0) is 21.5. The van der Waals surface area contributed by atoms with Crippen molar-refractivity contribution in [2.75, 3.05) is 30.9 Å². The highest BCUT2D eigenvalue weighted by atomic mass is 16.5. The molecule has 5 rings (SSSR count). The van der Waals surface area contributed by atoms with Crippen LogP contribution < -0.4 is 15.5 Å². The molecular formula is C22H24N6O3. The van der Waals surface area contributed by atoms with E-state index in [1.54, 1.807) is 17.8 Å². The summed E-state index contributed by atoms with van der Waals surface area (Å²) in [4.78, 5) is 30.9. The zero-order valence-electron chi connectivity index (χ0n) is 17.5. The molecule has 0 saturated heterocycles. The molecule has 9 heteroatoms. The highest BCUT2D eigenvalue weighted by Gasteiger charge is 2.33. The Bertz CT molecular complexity index is 1170. The molecule has 1 fully saturated rings. The second-order valence-electron chi connectivity index (χ2n) is 7.84. The van der Waals surface area contributed by atoms with Crippen molar-refractivity contribution in [3.8, 4) is 0 Å². The van der Waals surface area contributed by atoms with Crippen LogP contribution in [0.1, 0.15) is 39.3 Å². The molecule has 1 unspecified atom stereocenters. The van der Waals surface area contributed by atoms with E-state index in [4.69, 9.17) is 9.84 Å². The number of aldehydes is 1. The van der Waals surface area contributed by atoms with Gasteiger partial charge in [0.05, 0.1) is 24.0 Å². The fraction of sp³-hybridized carbons (Fsp3) is 0.364. The maximum absolute atomic E-state index is 13.0. The zero-order valence-corrected chi connectivity index (χ0v) is 17.5. The summed E-state index contributed by atoms with van der Waals surface area (Å²) in [6.45, 7) is 0.704. The first-order valence-electron chi connectivity index (χ1n) is 10.4. The first-order chi connectivity index (χ1) is 15.1. The van der Waals surface area contributed by atoms with Gasteiger partial charge in [0.1, 0.15) is 6.29 Å². The van der Waals surface area contributed by atoms with Crippen LogP contribution in [-0.4, -0.2) is 59.6 Å². The smallest absolute Gasteiger partial charge is 0.271 e. The summed E-state index contributed by atoms with van der Waals surface area (Å²) in [5.74, 6) is 0.458. The van der Waals surface area contributed by atoms with Gasteiger partial charge in [-0.25, -0.2) is 9.50 Å². The molecule has 0 bridgehead atoms. The number of carbonyl (C=O) groups excluding carboxylic acids is 2. The number of amides is 1. The van der Waals surface area contributed by atoms with Gasteiger partial charge in [0.15, 0.2) is 17.2 Å². The molecule has 31 heavy (non-hydrogen) atoms. The van der Waals surface area contributed by atoms with Crippen LogP contribution in [0.25, 0.3) is 5.65 Å². The molecular weight excluding hydrogens is 396 g/mol. The Balaban J connectivity index is 1.54. The predicted molar refractivity (Wildman–Crippen MR) is 116 cm³/mol. The SMILES string of the molecule is CNc1cc(N2CCc3c(C=O)cccc32)nn2c(C(=O)N[C@@H]3CCC3OC)cnc12. The molecule has 2 aliphatic rings. The number of nitrogens with one attached hydrogen (secondary N) is 2. The molecule has 2 atom stereocenters. The predicted octanol–water partition coefficient (Wildman–Crippen LogP) is 2.18. The number of benzene rings is 1. The van der Waals surface area contributed by atoms with Crippen LogP contribution in [0.15, 0.2) is 30.5 Å². The number of ether oxygens (including phenoxy) is 1. The van der Waals surface area contributed by atoms with Crippen molar-refractivity contribution in [1.82, 2.24) is 19.9 Å². The molecule has 3 heterocycles. The van der Waals surface area contributed by atoms with Crippen LogP contribution in [0.5, 0.6) is 0 Å². The highest BCUT2D eigenvalue weighted by molar-refractivity contribution is 5.94. The van der Waals surface area contributed by atoms with Crippen molar-refractivity contribution in [3.05, 3.63) is 47.3 Å². The van der Waals surface area contributed by atoms with E-state index in [0.29, 0.717) is 29.3 Å². The largest absolute Gasteiger partial charge is 0.385 e. The monoisotopic (exact) mass is 420 g/mol. The van der Waals surface area contributed by atoms with E-state index in [1.807, 2.05) is 31.3 Å². The van der Waals surface area contributed by atoms with Crippen molar-refractivity contribution >= 4 is 35.0 Å². The number of hydrogen-bond donors (Lipinski definition) is 2. The maximum Gasteiger partial charge on any atom is 0.271 e. The molecule has 1 amide bonds. The lowest BCUT2D eigenvalue weighted by molar-refractivity contribution is 0.00718. The molecule has 2 N–H and O–H groups in total. The summed E-state index contributed by atoms with van der Waals surface area (Å²) in [5.41, 5.74) is 4.39. The number of imidazole rings is 1. The van der Waals surface area contributed by atoms with Crippen LogP contribution >= 0.6 is 0 Å². The molecule has 1 aliphatic heterocycles. The Kier molecular flexibility index (Phi) is 4.82. The molecule has 9 nitrogen and oxygen atoms in total. The molecule has 0 radical (unpaired) electrons. The quantitative estimate of drug-likeness (QED) is 0.590. The van der Waals surface area contributed by atoms with Crippen LogP contribution in [0.4, 0.5) is 17.2 Å². The van der Waals surface area contributed by atoms with Gasteiger partial charge in [0.25, 0.3) is 5.91 Å². The van der Waals surface area contributed by atoms with E-state index in [1.165, 1.54) is 0 Å². The van der Waals surface area contributed by atoms with E-state index in [9.17, 15) is 9.59 Å². The lowest BCUT2D eigenvalue weighted by Crippen LogP contribution is -2.51. The number of fused-ring (bicyclic) bond motifs is 2. The third kappa shape index (κ3) is 3.12. The molecule has 1 aromatic carbocycles. The van der Waals surface area contributed by atoms with Gasteiger partial charge in [0.2, 0.25) is 0 Å². The fourth-order valence-corrected chi connectivity index (χ4v) is 4.39. The Morgan fingerprint density at radius 3 is 2.90 bits per heavy atom. The van der Waals surface area contributed by atoms with E-state index in [-0.39, 0.29) is 18.1 Å². The summed E-state index contributed by atoms with van der Waals surface area (Å²) >= 11 is 0. The minimum atomic E-state index is -0.226. The second kappa shape index (κ2) is 7.66. The van der Waals surface area contributed by atoms with E-state index < -0.39 is 0 Å². The Morgan fingerprint density at radius 1 is 1.32 bits per heavy atom. The summed E-state index contributed by atoms with van der Waals surface area (Å²) in [6.07, 6.45) is 5.08. The highest BCUT2D eigenvalue weighted by Crippen LogP contribution is 2.36. The second-order valence-corrected chi connectivity index (χ2v) is 7.84. The molecule has 3 aromatic rings. The van der Waals surface area contributed by atoms with E-state index in [2.05, 4.69) is 20.5 Å². The number of aromatic nitrogens is 3. The molecule has 160 valence electrons. The van der Waals surface area contributed by atoms with Gasteiger partial charge in [-0.15, -0.1) is 5.10 Å². The van der Waals surface area contributed by atoms with Crippen LogP contribution in [-0.2, 0) is 11.2 Å². The van der Waals surface area contributed by atoms with Crippen LogP contribution in [0.3, 0.4) is 0 Å². The fourth-order valence-electron chi connectivity index (χ4n) is 4.39. The molecule has 0 spiro atoms. The van der Waals surface area contributed by atoms with Gasteiger partial charge in [-0.05, 0) is 30.9 Å². The van der Waals surface area contributed by atoms with Crippen molar-refractivity contribution in [2.45, 2.75) is 31.4 Å². The van der Waals surface area contributed by atoms with Gasteiger partial charge in [-0.2, -0.15) is 0 Å². The number of nitrogens with zero attached hydrogens (tertiary/aromatic N) is 4. The number of anilines is 3. The van der Waals surface area contributed by atoms with Crippen molar-refractivity contribution < 1.29 is 14.3 Å². The van der Waals surface area contributed by atoms with Crippen molar-refractivity contribution in [2.24, 2.45) is 0 Å². The Hall–Kier alpha value is -3.46. The van der Waals surface area contributed by atoms with Gasteiger partial charge in [0, 0.05) is 38.0 Å². The maximum atomic E-state index is 13.0. The first-order valence-corrected chi connectivity index (χ1v) is 10.4. The summed E-state index contributed by atoms with van der Waals surface area (Å²) in [7, 11) is 3.47. The topological polar surface area (TPSA) is 101 Å². The number of methoxy groups -OCH3 is 1. The Morgan fingerprint density at radius 2 is 2.19 bits per heavy atom. The Labute approximate surface area is 179 Å². The van der Waals surface area contributed by atoms with E-state index in [0.717, 1.165) is 42.5 Å². The summed E-state index contributed by atoms with van der Waals surface area (Å²) in [6, 6.07) is 7.61. The van der Waals surface area contributed by atoms with Gasteiger partial charge in [-0.3, -0.25) is 9.59 Å². The van der Waals surface area contributed by atoms with Crippen LogP contribution in [0.2, 0.25) is 0 Å². The lowest BCUT2D eigenvalue weighted by atomic mass is 9.89. The minimum Gasteiger partial charge on any atom is -0.385 e. The summed E-state index contributed by atoms with van der Waals surface area (Å²) in [5, 5.41) is 10.9. The van der Waals surface area contributed by atoms with Crippen LogP contribution in [0, 0.1) is 0 Å². The van der Waals surface area contributed by atoms with Crippen molar-refractivity contribution in [3.63, 3.8) is 0 Å². The molecule has 2 aromatic heterocycles. The normalized spacial score (nSPS) is 19.7. The number of carbonyl (C=O) groups is 2. The first kappa shape index (κ1) is 19.5. The van der Waals surface area contributed by atoms with Gasteiger partial charge < -0.3 is 20.3 Å². The third-order valence-electron chi connectivity index (χ3n) is 6.25. The van der Waals surface area contributed by atoms with Crippen molar-refractivity contribution in [1.29, 1.82) is 0 Å². The average Bonchev–Trinajstić information content (AvgIpc) is 3.40. The molecule has 1 saturated carbocycles.